The number of amides is 5. The van der Waals surface area contributed by atoms with Crippen molar-refractivity contribution in [3.63, 3.8) is 0 Å². The van der Waals surface area contributed by atoms with E-state index in [9.17, 15) is 114 Å². The zero-order valence-electron chi connectivity index (χ0n) is 73.2. The smallest absolute Gasteiger partial charge is 0.548 e. The number of hydrogen-bond acceptors (Lipinski definition) is 14. The number of benzene rings is 10. The van der Waals surface area contributed by atoms with E-state index >= 15 is 0 Å². The first kappa shape index (κ1) is 109. The summed E-state index contributed by atoms with van der Waals surface area (Å²) in [5.41, 5.74) is 9.12. The number of carbonyl (C=O) groups is 9. The van der Waals surface area contributed by atoms with E-state index in [2.05, 4.69) is 48.6 Å². The number of rotatable bonds is 12. The van der Waals surface area contributed by atoms with Gasteiger partial charge in [-0.1, -0.05) is 129 Å². The van der Waals surface area contributed by atoms with Crippen LogP contribution in [0.4, 0.5) is 94.3 Å². The molecule has 5 aliphatic rings. The quantitative estimate of drug-likeness (QED) is 0.0329. The van der Waals surface area contributed by atoms with Crippen LogP contribution >= 0.6 is 31.9 Å². The van der Waals surface area contributed by atoms with Crippen molar-refractivity contribution in [1.29, 1.82) is 0 Å². The molecule has 0 aromatic heterocycles. The molecule has 0 radical (unpaired) electrons. The van der Waals surface area contributed by atoms with E-state index in [1.54, 1.807) is 81.4 Å². The summed E-state index contributed by atoms with van der Waals surface area (Å²) < 4.78 is 199. The molecule has 10 aromatic carbocycles. The maximum Gasteiger partial charge on any atom is 1.00 e. The molecule has 0 bridgehead atoms. The number of nitrogens with zero attached hydrogens (tertiary/aromatic N) is 3. The molecule has 5 N–H and O–H groups in total. The van der Waals surface area contributed by atoms with E-state index in [4.69, 9.17) is 24.6 Å². The van der Waals surface area contributed by atoms with Crippen LogP contribution in [-0.2, 0) is 116 Å². The van der Waals surface area contributed by atoms with Crippen molar-refractivity contribution >= 4 is 126 Å². The normalized spacial score (nSPS) is 13.9. The zero-order valence-corrected chi connectivity index (χ0v) is 78.4. The molecular weight excluding hydrogens is 1940 g/mol. The summed E-state index contributed by atoms with van der Waals surface area (Å²) in [5.74, 6) is -3.77. The number of esters is 2. The topological polar surface area (TPSA) is 290 Å². The summed E-state index contributed by atoms with van der Waals surface area (Å²) >= 11 is 6.39. The van der Waals surface area contributed by atoms with Crippen LogP contribution in [0.1, 0.15) is 129 Å². The van der Waals surface area contributed by atoms with Gasteiger partial charge in [-0.3, -0.25) is 38.4 Å². The number of halogens is 17. The van der Waals surface area contributed by atoms with E-state index in [0.717, 1.165) is 144 Å². The molecule has 0 fully saturated rings. The van der Waals surface area contributed by atoms with Gasteiger partial charge in [-0.05, 0) is 267 Å². The van der Waals surface area contributed by atoms with Crippen molar-refractivity contribution < 1.29 is 168 Å². The average Bonchev–Trinajstić information content (AvgIpc) is 0.792. The molecule has 5 heterocycles. The monoisotopic (exact) mass is 2030 g/mol. The van der Waals surface area contributed by atoms with Gasteiger partial charge in [0.25, 0.3) is 0 Å². The van der Waals surface area contributed by atoms with E-state index in [0.29, 0.717) is 77.8 Å². The average molecular weight is 2030 g/mol. The molecule has 0 saturated heterocycles. The Balaban J connectivity index is 0.000000199. The molecule has 5 amide bonds. The van der Waals surface area contributed by atoms with Gasteiger partial charge >= 0.3 is 85.5 Å². The summed E-state index contributed by atoms with van der Waals surface area (Å²) in [6, 6.07) is 50.2. The van der Waals surface area contributed by atoms with Crippen molar-refractivity contribution in [2.45, 2.75) is 148 Å². The summed E-state index contributed by atoms with van der Waals surface area (Å²) in [6.45, 7) is 9.68. The first-order chi connectivity index (χ1) is 62.5. The second kappa shape index (κ2) is 46.2. The SMILES string of the molecule is CC(C)(C)OC(=O)CBr.CC(C)(C)OC(=O)CN1C(=O)CCc2cc(-c3ccc(C(F)(F)F)cc3)ccc21.O=C(O)CN1C(=O)CCc2cc(-c3ccc(C(F)(F)F)cc3)ccc21.O=C([O-])CN1C(=O)CCc2cc(-c3ccc(C(F)(F)F)cc3)ccc21.O=C1CCc2cc(-c3ccc(C(F)(F)F)cc3)ccc2N1.O=C1CCc2cc(Br)ccc2N1.OB(O)c1ccc(C(F)(F)F)cc1.[Na+]. The number of ether oxygens (including phenoxy) is 2. The molecule has 0 atom stereocenters. The molecular formula is C96H86BBr2F15N5NaO15. The Hall–Kier alpha value is -11.7. The van der Waals surface area contributed by atoms with Gasteiger partial charge in [0.15, 0.2) is 0 Å². The Kier molecular flexibility index (Phi) is 37.2. The molecule has 0 saturated carbocycles. The summed E-state index contributed by atoms with van der Waals surface area (Å²) in [5, 5.41) is 42.8. The number of hydrogen-bond donors (Lipinski definition) is 5. The maximum absolute atomic E-state index is 12.8. The van der Waals surface area contributed by atoms with Crippen molar-refractivity contribution in [2.75, 3.05) is 50.3 Å². The first-order valence-electron chi connectivity index (χ1n) is 41.0. The number of anilines is 5. The van der Waals surface area contributed by atoms with E-state index in [-0.39, 0.29) is 107 Å². The van der Waals surface area contributed by atoms with Gasteiger partial charge in [0.1, 0.15) is 29.6 Å². The van der Waals surface area contributed by atoms with Crippen molar-refractivity contribution in [3.8, 4) is 44.5 Å². The van der Waals surface area contributed by atoms with Crippen LogP contribution < -0.4 is 65.5 Å². The van der Waals surface area contributed by atoms with Crippen LogP contribution in [0.5, 0.6) is 0 Å². The van der Waals surface area contributed by atoms with Gasteiger partial charge in [0.05, 0.1) is 40.3 Å². The largest absolute Gasteiger partial charge is 1.00 e. The van der Waals surface area contributed by atoms with E-state index in [1.807, 2.05) is 45.0 Å². The Morgan fingerprint density at radius 1 is 0.363 bits per heavy atom. The molecule has 15 rings (SSSR count). The molecule has 0 unspecified atom stereocenters. The molecule has 0 aliphatic carbocycles. The van der Waals surface area contributed by atoms with Crippen molar-refractivity contribution in [1.82, 2.24) is 0 Å². The first-order valence-corrected chi connectivity index (χ1v) is 42.9. The number of carboxylic acid groups (broad SMARTS) is 2. The van der Waals surface area contributed by atoms with Gasteiger partial charge in [0.2, 0.25) is 29.5 Å². The maximum atomic E-state index is 12.8. The predicted octanol–water partition coefficient (Wildman–Crippen LogP) is 16.8. The number of aliphatic carboxylic acids is 2. The van der Waals surface area contributed by atoms with Crippen LogP contribution in [0.15, 0.2) is 217 Å². The molecule has 135 heavy (non-hydrogen) atoms. The van der Waals surface area contributed by atoms with Crippen LogP contribution in [0.3, 0.4) is 0 Å². The van der Waals surface area contributed by atoms with Crippen molar-refractivity contribution in [3.05, 3.63) is 272 Å². The number of carboxylic acids is 2. The Bertz CT molecular complexity index is 5770. The minimum Gasteiger partial charge on any atom is -0.548 e. The van der Waals surface area contributed by atoms with Crippen LogP contribution in [-0.4, -0.2) is 112 Å². The third kappa shape index (κ3) is 32.3. The number of aryl methyl sites for hydroxylation is 5. The van der Waals surface area contributed by atoms with Gasteiger partial charge in [0, 0.05) is 65.0 Å². The molecule has 39 heteroatoms. The summed E-state index contributed by atoms with van der Waals surface area (Å²) in [4.78, 5) is 107. The number of alkyl halides is 16. The Labute approximate surface area is 804 Å². The fraction of sp³-hybridized carbons (Fsp3) is 0.281. The van der Waals surface area contributed by atoms with Crippen LogP contribution in [0.2, 0.25) is 0 Å². The minimum absolute atomic E-state index is 0. The van der Waals surface area contributed by atoms with E-state index < -0.39 is 102 Å². The Morgan fingerprint density at radius 3 is 0.919 bits per heavy atom. The summed E-state index contributed by atoms with van der Waals surface area (Å²) in [6.07, 6.45) is -17.3. The van der Waals surface area contributed by atoms with E-state index in [1.165, 1.54) is 63.9 Å². The van der Waals surface area contributed by atoms with Gasteiger partial charge in [-0.15, -0.1) is 0 Å². The van der Waals surface area contributed by atoms with Crippen LogP contribution in [0, 0.1) is 0 Å². The summed E-state index contributed by atoms with van der Waals surface area (Å²) in [7, 11) is -1.73. The number of fused-ring (bicyclic) bond motifs is 5. The zero-order chi connectivity index (χ0) is 98.9. The van der Waals surface area contributed by atoms with Gasteiger partial charge in [-0.2, -0.15) is 65.9 Å². The molecule has 708 valence electrons. The Morgan fingerprint density at radius 2 is 0.630 bits per heavy atom. The second-order valence-corrected chi connectivity index (χ2v) is 34.1. The standard InChI is InChI=1S/C22H22F3NO3.2C18H14F3NO3.C16H12F3NO.C9H8BrNO.C7H6BF3O2.C6H11BrO2.Na/c1-21(2,3)29-20(28)13-26-18-10-6-15(12-16(18)7-11-19(26)27)14-4-8-17(9-5-14)22(23,24)25;2*19-18(20,21)14-5-1-11(2-6-14)12-3-7-15-13(9-12)4-8-16(23)22(15)10-17(24)25;17-16(18,19)13-5-1-10(2-6-13)11-3-7-14-12(9-11)4-8-15(21)20-14;10-7-2-3-8-6(5-7)1-4-9(12)11-8;9-7(10,11)5-1-3-6(4-2-5)8(12)13;1-6(2,3)9-5(8)4-7;/h4-6,8-10,12H,7,11,13H2,1-3H3;2*1-3,5-7,9H,4,8,10H2,(H,24,25);1-3,5-7,9H,4,8H2,(H,20,21);2-3,5H,1,4H2,(H,11,12);1-4,12-13H;4H2,1-3H3;/q;;;;;;;+1/p-1. The predicted molar refractivity (Wildman–Crippen MR) is 477 cm³/mol. The number of nitrogens with one attached hydrogen (secondary N) is 2. The fourth-order valence-electron chi connectivity index (χ4n) is 14.0. The molecule has 10 aromatic rings. The van der Waals surface area contributed by atoms with Crippen LogP contribution in [0.25, 0.3) is 44.5 Å². The second-order valence-electron chi connectivity index (χ2n) is 32.6. The fourth-order valence-corrected chi connectivity index (χ4v) is 14.6. The number of carbonyl (C=O) groups excluding carboxylic acids is 8. The van der Waals surface area contributed by atoms with Gasteiger partial charge < -0.3 is 59.9 Å². The van der Waals surface area contributed by atoms with Crippen molar-refractivity contribution in [2.24, 2.45) is 0 Å². The molecule has 0 spiro atoms. The molecule has 5 aliphatic heterocycles. The third-order valence-electron chi connectivity index (χ3n) is 20.3. The minimum atomic E-state index is -4.39. The third-order valence-corrected chi connectivity index (χ3v) is 21.3. The van der Waals surface area contributed by atoms with Gasteiger partial charge in [-0.25, -0.2) is 0 Å². The molecule has 20 nitrogen and oxygen atoms in total.